The van der Waals surface area contributed by atoms with Crippen molar-refractivity contribution in [1.29, 1.82) is 0 Å². The maximum absolute atomic E-state index is 11.8. The lowest BCUT2D eigenvalue weighted by Gasteiger charge is -2.19. The minimum Gasteiger partial charge on any atom is -0.383 e. The van der Waals surface area contributed by atoms with Crippen molar-refractivity contribution in [3.8, 4) is 0 Å². The van der Waals surface area contributed by atoms with Gasteiger partial charge in [0.15, 0.2) is 0 Å². The molecule has 0 aliphatic carbocycles. The zero-order valence-electron chi connectivity index (χ0n) is 11.9. The van der Waals surface area contributed by atoms with Crippen LogP contribution < -0.4 is 11.1 Å². The fourth-order valence-corrected chi connectivity index (χ4v) is 1.89. The molecular formula is C15H22N2O3. The SMILES string of the molecule is CC(C)C[C@@H](O)C(=O)N[C@H](Cc1ccccc1)C(N)=O. The second kappa shape index (κ2) is 7.65. The summed E-state index contributed by atoms with van der Waals surface area (Å²) in [7, 11) is 0. The van der Waals surface area contributed by atoms with Crippen LogP contribution in [0.3, 0.4) is 0 Å². The third-order valence-electron chi connectivity index (χ3n) is 2.94. The highest BCUT2D eigenvalue weighted by Gasteiger charge is 2.23. The van der Waals surface area contributed by atoms with Crippen LogP contribution in [0.4, 0.5) is 0 Å². The van der Waals surface area contributed by atoms with Crippen LogP contribution in [0.2, 0.25) is 0 Å². The van der Waals surface area contributed by atoms with Crippen molar-refractivity contribution < 1.29 is 14.7 Å². The van der Waals surface area contributed by atoms with Gasteiger partial charge >= 0.3 is 0 Å². The van der Waals surface area contributed by atoms with Crippen molar-refractivity contribution >= 4 is 11.8 Å². The van der Waals surface area contributed by atoms with Crippen molar-refractivity contribution in [2.24, 2.45) is 11.7 Å². The summed E-state index contributed by atoms with van der Waals surface area (Å²) in [6, 6.07) is 8.46. The van der Waals surface area contributed by atoms with Crippen LogP contribution in [0.1, 0.15) is 25.8 Å². The first-order valence-corrected chi connectivity index (χ1v) is 6.71. The van der Waals surface area contributed by atoms with Crippen molar-refractivity contribution in [2.75, 3.05) is 0 Å². The monoisotopic (exact) mass is 278 g/mol. The summed E-state index contributed by atoms with van der Waals surface area (Å²) in [4.78, 5) is 23.2. The number of aliphatic hydroxyl groups excluding tert-OH is 1. The fraction of sp³-hybridized carbons (Fsp3) is 0.467. The predicted molar refractivity (Wildman–Crippen MR) is 76.7 cm³/mol. The standard InChI is InChI=1S/C15H22N2O3/c1-10(2)8-13(18)15(20)17-12(14(16)19)9-11-6-4-3-5-7-11/h3-7,10,12-13,18H,8-9H2,1-2H3,(H2,16,19)(H,17,20)/t12-,13-/m1/s1. The number of amides is 2. The molecule has 5 nitrogen and oxygen atoms in total. The summed E-state index contributed by atoms with van der Waals surface area (Å²) in [5.74, 6) is -0.978. The van der Waals surface area contributed by atoms with Crippen LogP contribution in [-0.2, 0) is 16.0 Å². The summed E-state index contributed by atoms with van der Waals surface area (Å²) in [6.45, 7) is 3.82. The molecule has 2 amide bonds. The number of carbonyl (C=O) groups is 2. The largest absolute Gasteiger partial charge is 0.383 e. The van der Waals surface area contributed by atoms with E-state index in [1.165, 1.54) is 0 Å². The maximum Gasteiger partial charge on any atom is 0.249 e. The molecule has 0 radical (unpaired) electrons. The first kappa shape index (κ1) is 16.2. The van der Waals surface area contributed by atoms with E-state index in [1.54, 1.807) is 0 Å². The van der Waals surface area contributed by atoms with Crippen molar-refractivity contribution in [3.05, 3.63) is 35.9 Å². The number of carbonyl (C=O) groups excluding carboxylic acids is 2. The zero-order chi connectivity index (χ0) is 15.1. The first-order chi connectivity index (χ1) is 9.40. The number of hydrogen-bond acceptors (Lipinski definition) is 3. The van der Waals surface area contributed by atoms with Gasteiger partial charge in [-0.15, -0.1) is 0 Å². The van der Waals surface area contributed by atoms with E-state index in [0.29, 0.717) is 12.8 Å². The molecule has 0 fully saturated rings. The molecule has 5 heteroatoms. The molecule has 0 unspecified atom stereocenters. The van der Waals surface area contributed by atoms with Gasteiger partial charge in [0.2, 0.25) is 11.8 Å². The average Bonchev–Trinajstić information content (AvgIpc) is 2.38. The van der Waals surface area contributed by atoms with Gasteiger partial charge in [0.25, 0.3) is 0 Å². The van der Waals surface area contributed by atoms with Gasteiger partial charge in [-0.1, -0.05) is 44.2 Å². The van der Waals surface area contributed by atoms with Gasteiger partial charge in [0, 0.05) is 6.42 Å². The highest BCUT2D eigenvalue weighted by atomic mass is 16.3. The molecule has 0 heterocycles. The van der Waals surface area contributed by atoms with Gasteiger partial charge in [-0.05, 0) is 17.9 Å². The van der Waals surface area contributed by atoms with Crippen LogP contribution in [0.25, 0.3) is 0 Å². The molecule has 0 bridgehead atoms. The Bertz CT molecular complexity index is 446. The second-order valence-electron chi connectivity index (χ2n) is 5.30. The molecule has 0 spiro atoms. The molecular weight excluding hydrogens is 256 g/mol. The smallest absolute Gasteiger partial charge is 0.249 e. The summed E-state index contributed by atoms with van der Waals surface area (Å²) >= 11 is 0. The van der Waals surface area contributed by atoms with Crippen LogP contribution in [0.5, 0.6) is 0 Å². The van der Waals surface area contributed by atoms with E-state index in [2.05, 4.69) is 5.32 Å². The molecule has 20 heavy (non-hydrogen) atoms. The Hall–Kier alpha value is -1.88. The summed E-state index contributed by atoms with van der Waals surface area (Å²) < 4.78 is 0. The third kappa shape index (κ3) is 5.40. The fourth-order valence-electron chi connectivity index (χ4n) is 1.89. The molecule has 0 saturated heterocycles. The minimum absolute atomic E-state index is 0.192. The number of nitrogens with one attached hydrogen (secondary N) is 1. The Morgan fingerprint density at radius 1 is 1.25 bits per heavy atom. The topological polar surface area (TPSA) is 92.4 Å². The lowest BCUT2D eigenvalue weighted by atomic mass is 10.0. The number of primary amides is 1. The first-order valence-electron chi connectivity index (χ1n) is 6.71. The summed E-state index contributed by atoms with van der Waals surface area (Å²) in [5.41, 5.74) is 6.20. The summed E-state index contributed by atoms with van der Waals surface area (Å²) in [6.07, 6.45) is -0.452. The number of benzene rings is 1. The van der Waals surface area contributed by atoms with E-state index in [0.717, 1.165) is 5.56 Å². The summed E-state index contributed by atoms with van der Waals surface area (Å²) in [5, 5.41) is 12.2. The zero-order valence-corrected chi connectivity index (χ0v) is 11.9. The predicted octanol–water partition coefficient (Wildman–Crippen LogP) is 0.606. The van der Waals surface area contributed by atoms with Crippen LogP contribution in [0, 0.1) is 5.92 Å². The maximum atomic E-state index is 11.8. The third-order valence-corrected chi connectivity index (χ3v) is 2.94. The molecule has 1 aromatic rings. The van der Waals surface area contributed by atoms with Crippen LogP contribution in [-0.4, -0.2) is 29.1 Å². The highest BCUT2D eigenvalue weighted by Crippen LogP contribution is 2.07. The van der Waals surface area contributed by atoms with E-state index in [1.807, 2.05) is 44.2 Å². The molecule has 2 atom stereocenters. The van der Waals surface area contributed by atoms with Gasteiger partial charge in [0.1, 0.15) is 12.1 Å². The Kier molecular flexibility index (Phi) is 6.18. The normalized spacial score (nSPS) is 13.8. The van der Waals surface area contributed by atoms with E-state index in [4.69, 9.17) is 5.73 Å². The van der Waals surface area contributed by atoms with Gasteiger partial charge in [0.05, 0.1) is 0 Å². The molecule has 0 saturated carbocycles. The van der Waals surface area contributed by atoms with Gasteiger partial charge in [-0.2, -0.15) is 0 Å². The molecule has 0 aliphatic heterocycles. The molecule has 1 aromatic carbocycles. The average molecular weight is 278 g/mol. The Labute approximate surface area is 119 Å². The number of aliphatic hydroxyl groups is 1. The van der Waals surface area contributed by atoms with E-state index in [-0.39, 0.29) is 5.92 Å². The molecule has 0 aliphatic rings. The van der Waals surface area contributed by atoms with Gasteiger partial charge < -0.3 is 16.2 Å². The van der Waals surface area contributed by atoms with E-state index in [9.17, 15) is 14.7 Å². The quantitative estimate of drug-likeness (QED) is 0.682. The molecule has 4 N–H and O–H groups in total. The van der Waals surface area contributed by atoms with Crippen molar-refractivity contribution in [3.63, 3.8) is 0 Å². The van der Waals surface area contributed by atoms with E-state index < -0.39 is 24.0 Å². The molecule has 110 valence electrons. The second-order valence-corrected chi connectivity index (χ2v) is 5.30. The molecule has 1 rings (SSSR count). The Balaban J connectivity index is 2.64. The number of hydrogen-bond donors (Lipinski definition) is 3. The van der Waals surface area contributed by atoms with Crippen LogP contribution >= 0.6 is 0 Å². The van der Waals surface area contributed by atoms with Crippen molar-refractivity contribution in [2.45, 2.75) is 38.8 Å². The van der Waals surface area contributed by atoms with Crippen molar-refractivity contribution in [1.82, 2.24) is 5.32 Å². The van der Waals surface area contributed by atoms with Crippen LogP contribution in [0.15, 0.2) is 30.3 Å². The lowest BCUT2D eigenvalue weighted by molar-refractivity contribution is -0.133. The Morgan fingerprint density at radius 3 is 2.35 bits per heavy atom. The minimum atomic E-state index is -1.12. The van der Waals surface area contributed by atoms with Gasteiger partial charge in [-0.25, -0.2) is 0 Å². The van der Waals surface area contributed by atoms with E-state index >= 15 is 0 Å². The molecule has 0 aromatic heterocycles. The lowest BCUT2D eigenvalue weighted by Crippen LogP contribution is -2.49. The number of rotatable bonds is 7. The highest BCUT2D eigenvalue weighted by molar-refractivity contribution is 5.88. The Morgan fingerprint density at radius 2 is 1.85 bits per heavy atom. The van der Waals surface area contributed by atoms with Gasteiger partial charge in [-0.3, -0.25) is 9.59 Å². The number of nitrogens with two attached hydrogens (primary N) is 1.